The van der Waals surface area contributed by atoms with Crippen molar-refractivity contribution in [3.8, 4) is 0 Å². The van der Waals surface area contributed by atoms with E-state index in [0.29, 0.717) is 5.84 Å². The number of para-hydroxylation sites is 2. The summed E-state index contributed by atoms with van der Waals surface area (Å²) in [6.07, 6.45) is 0. The molecule has 1 fully saturated rings. The summed E-state index contributed by atoms with van der Waals surface area (Å²) in [4.78, 5) is 0. The van der Waals surface area contributed by atoms with Crippen molar-refractivity contribution in [1.29, 1.82) is 5.41 Å². The van der Waals surface area contributed by atoms with Gasteiger partial charge in [-0.3, -0.25) is 9.71 Å². The molecule has 0 radical (unpaired) electrons. The van der Waals surface area contributed by atoms with Gasteiger partial charge in [-0.15, -0.1) is 0 Å². The lowest BCUT2D eigenvalue weighted by Gasteiger charge is -2.22. The van der Waals surface area contributed by atoms with Crippen molar-refractivity contribution in [2.24, 2.45) is 0 Å². The highest BCUT2D eigenvalue weighted by Crippen LogP contribution is 2.39. The Bertz CT molecular complexity index is 842. The molecule has 1 aliphatic rings. The van der Waals surface area contributed by atoms with Crippen molar-refractivity contribution in [3.63, 3.8) is 0 Å². The molecule has 3 aromatic rings. The average molecular weight is 347 g/mol. The lowest BCUT2D eigenvalue weighted by molar-refractivity contribution is 0.682. The van der Waals surface area contributed by atoms with Gasteiger partial charge >= 0.3 is 0 Å². The van der Waals surface area contributed by atoms with Crippen LogP contribution in [-0.4, -0.2) is 10.0 Å². The van der Waals surface area contributed by atoms with E-state index in [9.17, 15) is 4.21 Å². The van der Waals surface area contributed by atoms with Crippen molar-refractivity contribution in [3.05, 3.63) is 96.6 Å². The molecule has 5 heteroatoms. The summed E-state index contributed by atoms with van der Waals surface area (Å²) >= 11 is -1.52. The molecule has 0 saturated carbocycles. The summed E-state index contributed by atoms with van der Waals surface area (Å²) in [7, 11) is 0. The first-order valence-electron chi connectivity index (χ1n) is 8.02. The number of anilines is 2. The van der Waals surface area contributed by atoms with E-state index in [2.05, 4.69) is 0 Å². The smallest absolute Gasteiger partial charge is 0.232 e. The third kappa shape index (κ3) is 2.72. The van der Waals surface area contributed by atoms with Gasteiger partial charge in [-0.2, -0.15) is 0 Å². The van der Waals surface area contributed by atoms with E-state index in [4.69, 9.17) is 5.41 Å². The second kappa shape index (κ2) is 6.53. The maximum atomic E-state index is 13.3. The fourth-order valence-corrected chi connectivity index (χ4v) is 4.47. The van der Waals surface area contributed by atoms with E-state index in [1.54, 1.807) is 8.61 Å². The van der Waals surface area contributed by atoms with Gasteiger partial charge < -0.3 is 0 Å². The molecule has 2 unspecified atom stereocenters. The molecular weight excluding hydrogens is 330 g/mol. The Morgan fingerprint density at radius 3 is 1.76 bits per heavy atom. The van der Waals surface area contributed by atoms with E-state index in [1.165, 1.54) is 0 Å². The molecule has 1 aliphatic heterocycles. The second-order valence-electron chi connectivity index (χ2n) is 5.72. The van der Waals surface area contributed by atoms with Gasteiger partial charge in [0.2, 0.25) is 11.2 Å². The lowest BCUT2D eigenvalue weighted by atomic mass is 10.0. The number of amidine groups is 1. The van der Waals surface area contributed by atoms with Gasteiger partial charge in [-0.1, -0.05) is 66.7 Å². The molecule has 0 aromatic heterocycles. The van der Waals surface area contributed by atoms with E-state index < -0.39 is 17.2 Å². The predicted octanol–water partition coefficient (Wildman–Crippen LogP) is 4.31. The number of hydrogen-bond donors (Lipinski definition) is 1. The molecule has 0 spiro atoms. The standard InChI is InChI=1S/C20H17N3OS/c21-20-19(16-10-4-1-5-11-16)22(17-12-6-2-7-13-17)25(24)23(20)18-14-8-3-9-15-18/h1-15,19,21H. The van der Waals surface area contributed by atoms with Crippen LogP contribution < -0.4 is 8.61 Å². The summed E-state index contributed by atoms with van der Waals surface area (Å²) in [6, 6.07) is 28.5. The number of rotatable bonds is 3. The molecule has 4 nitrogen and oxygen atoms in total. The molecule has 3 aromatic carbocycles. The number of benzene rings is 3. The van der Waals surface area contributed by atoms with Crippen LogP contribution in [0.5, 0.6) is 0 Å². The number of nitrogens with zero attached hydrogens (tertiary/aromatic N) is 2. The maximum absolute atomic E-state index is 13.3. The Kier molecular flexibility index (Phi) is 4.07. The molecule has 4 rings (SSSR count). The largest absolute Gasteiger partial charge is 0.285 e. The first-order chi connectivity index (χ1) is 12.3. The van der Waals surface area contributed by atoms with Gasteiger partial charge in [0.1, 0.15) is 11.9 Å². The van der Waals surface area contributed by atoms with Gasteiger partial charge in [-0.25, -0.2) is 8.51 Å². The molecule has 1 heterocycles. The van der Waals surface area contributed by atoms with Crippen molar-refractivity contribution in [2.75, 3.05) is 8.61 Å². The summed E-state index contributed by atoms with van der Waals surface area (Å²) in [5.41, 5.74) is 2.53. The van der Waals surface area contributed by atoms with Crippen LogP contribution in [0.2, 0.25) is 0 Å². The normalized spacial score (nSPS) is 20.1. The van der Waals surface area contributed by atoms with Crippen LogP contribution in [0.15, 0.2) is 91.0 Å². The van der Waals surface area contributed by atoms with Crippen molar-refractivity contribution >= 4 is 28.4 Å². The Hall–Kier alpha value is -2.92. The van der Waals surface area contributed by atoms with Gasteiger partial charge in [0.05, 0.1) is 11.4 Å². The minimum absolute atomic E-state index is 0.305. The Morgan fingerprint density at radius 1 is 0.720 bits per heavy atom. The van der Waals surface area contributed by atoms with Crippen LogP contribution in [-0.2, 0) is 11.2 Å². The van der Waals surface area contributed by atoms with E-state index in [1.807, 2.05) is 91.0 Å². The molecular formula is C20H17N3OS. The molecule has 2 atom stereocenters. The van der Waals surface area contributed by atoms with Crippen LogP contribution in [0, 0.1) is 5.41 Å². The highest BCUT2D eigenvalue weighted by Gasteiger charge is 2.44. The fourth-order valence-electron chi connectivity index (χ4n) is 3.02. The second-order valence-corrected chi connectivity index (χ2v) is 6.94. The van der Waals surface area contributed by atoms with Gasteiger partial charge in [0.15, 0.2) is 0 Å². The molecule has 25 heavy (non-hydrogen) atoms. The van der Waals surface area contributed by atoms with Gasteiger partial charge in [0.25, 0.3) is 0 Å². The third-order valence-electron chi connectivity index (χ3n) is 4.15. The molecule has 0 aliphatic carbocycles. The highest BCUT2D eigenvalue weighted by atomic mass is 32.2. The Balaban J connectivity index is 1.85. The van der Waals surface area contributed by atoms with Crippen LogP contribution in [0.1, 0.15) is 11.6 Å². The Labute approximate surface area is 149 Å². The first kappa shape index (κ1) is 15.6. The number of nitrogens with one attached hydrogen (secondary N) is 1. The molecule has 0 amide bonds. The van der Waals surface area contributed by atoms with Crippen LogP contribution in [0.25, 0.3) is 0 Å². The highest BCUT2D eigenvalue weighted by molar-refractivity contribution is 7.89. The minimum Gasteiger partial charge on any atom is -0.285 e. The van der Waals surface area contributed by atoms with E-state index >= 15 is 0 Å². The minimum atomic E-state index is -1.52. The summed E-state index contributed by atoms with van der Waals surface area (Å²) in [6.45, 7) is 0. The van der Waals surface area contributed by atoms with E-state index in [-0.39, 0.29) is 0 Å². The Morgan fingerprint density at radius 2 is 1.20 bits per heavy atom. The van der Waals surface area contributed by atoms with Gasteiger partial charge in [-0.05, 0) is 29.8 Å². The zero-order valence-electron chi connectivity index (χ0n) is 13.4. The average Bonchev–Trinajstić information content (AvgIpc) is 2.94. The predicted molar refractivity (Wildman–Crippen MR) is 103 cm³/mol. The van der Waals surface area contributed by atoms with E-state index in [0.717, 1.165) is 16.9 Å². The SMILES string of the molecule is N=C1C(c2ccccc2)N(c2ccccc2)S(=O)N1c1ccccc1. The van der Waals surface area contributed by atoms with Crippen molar-refractivity contribution in [1.82, 2.24) is 0 Å². The first-order valence-corrected chi connectivity index (χ1v) is 9.08. The quantitative estimate of drug-likeness (QED) is 0.754. The summed E-state index contributed by atoms with van der Waals surface area (Å²) in [5, 5.41) is 8.74. The topological polar surface area (TPSA) is 47.4 Å². The zero-order chi connectivity index (χ0) is 17.2. The fraction of sp³-hybridized carbons (Fsp3) is 0.0500. The monoisotopic (exact) mass is 347 g/mol. The maximum Gasteiger partial charge on any atom is 0.232 e. The molecule has 1 N–H and O–H groups in total. The molecule has 124 valence electrons. The van der Waals surface area contributed by atoms with Crippen molar-refractivity contribution < 1.29 is 4.21 Å². The molecule has 1 saturated heterocycles. The molecule has 0 bridgehead atoms. The zero-order valence-corrected chi connectivity index (χ0v) is 14.3. The van der Waals surface area contributed by atoms with Crippen LogP contribution in [0.4, 0.5) is 11.4 Å². The lowest BCUT2D eigenvalue weighted by Crippen LogP contribution is -2.27. The number of hydrogen-bond acceptors (Lipinski definition) is 2. The van der Waals surface area contributed by atoms with Crippen LogP contribution >= 0.6 is 0 Å². The van der Waals surface area contributed by atoms with Gasteiger partial charge in [0, 0.05) is 0 Å². The summed E-state index contributed by atoms with van der Waals surface area (Å²) < 4.78 is 16.7. The van der Waals surface area contributed by atoms with Crippen molar-refractivity contribution in [2.45, 2.75) is 6.04 Å². The van der Waals surface area contributed by atoms with Crippen LogP contribution in [0.3, 0.4) is 0 Å². The third-order valence-corrected chi connectivity index (χ3v) is 5.63. The summed E-state index contributed by atoms with van der Waals surface area (Å²) in [5.74, 6) is 0.305.